The molecule has 0 aliphatic rings. The van der Waals surface area contributed by atoms with Crippen LogP contribution in [-0.2, 0) is 0 Å². The predicted molar refractivity (Wildman–Crippen MR) is 141 cm³/mol. The number of allylic oxidation sites excluding steroid dienone is 1. The van der Waals surface area contributed by atoms with Crippen LogP contribution in [0.5, 0.6) is 5.75 Å². The quantitative estimate of drug-likeness (QED) is 0.104. The zero-order valence-electron chi connectivity index (χ0n) is 19.0. The molecule has 5 rings (SSSR count). The first-order valence-electron chi connectivity index (χ1n) is 11.1. The Morgan fingerprint density at radius 1 is 1.03 bits per heavy atom. The zero-order valence-corrected chi connectivity index (χ0v) is 20.6. The monoisotopic (exact) mass is 498 g/mol. The highest BCUT2D eigenvalue weighted by Crippen LogP contribution is 2.27. The van der Waals surface area contributed by atoms with Gasteiger partial charge in [-0.3, -0.25) is 4.79 Å². The van der Waals surface area contributed by atoms with E-state index in [0.29, 0.717) is 12.2 Å². The van der Waals surface area contributed by atoms with Crippen molar-refractivity contribution in [3.05, 3.63) is 102 Å². The van der Waals surface area contributed by atoms with Gasteiger partial charge >= 0.3 is 0 Å². The zero-order chi connectivity index (χ0) is 24.0. The summed E-state index contributed by atoms with van der Waals surface area (Å²) in [5, 5.41) is 13.1. The van der Waals surface area contributed by atoms with Crippen LogP contribution in [0.4, 0.5) is 0 Å². The summed E-state index contributed by atoms with van der Waals surface area (Å²) in [4.78, 5) is 13.2. The van der Waals surface area contributed by atoms with E-state index >= 15 is 0 Å². The van der Waals surface area contributed by atoms with Gasteiger partial charge in [0.05, 0.1) is 6.61 Å². The van der Waals surface area contributed by atoms with Crippen LogP contribution in [0.2, 0.25) is 0 Å². The first kappa shape index (κ1) is 23.0. The number of ketones is 1. The number of fused-ring (bicyclic) bond motifs is 1. The number of ether oxygens (including phenoxy) is 1. The van der Waals surface area contributed by atoms with Crippen molar-refractivity contribution in [1.29, 1.82) is 0 Å². The molecule has 2 heterocycles. The van der Waals surface area contributed by atoms with Gasteiger partial charge in [-0.15, -0.1) is 15.3 Å². The standard InChI is InChI=1S/C27H22N4O2S2/c1-19-6-5-7-20(18-19)10-15-24(32)21-11-13-23(14-12-21)33-16-17-34-27-30-31-25(28-29-26(31)35-27)22-8-3-2-4-9-22/h2-15,18H,16-17H2,1H3/b15-10+. The number of carbonyl (C=O) groups is 1. The maximum atomic E-state index is 12.4. The van der Waals surface area contributed by atoms with Gasteiger partial charge < -0.3 is 4.74 Å². The summed E-state index contributed by atoms with van der Waals surface area (Å²) in [6, 6.07) is 25.2. The number of aryl methyl sites for hydroxylation is 1. The van der Waals surface area contributed by atoms with Crippen molar-refractivity contribution < 1.29 is 9.53 Å². The van der Waals surface area contributed by atoms with E-state index in [1.165, 1.54) is 11.3 Å². The van der Waals surface area contributed by atoms with E-state index in [0.717, 1.165) is 43.3 Å². The van der Waals surface area contributed by atoms with Crippen molar-refractivity contribution in [3.63, 3.8) is 0 Å². The molecule has 0 N–H and O–H groups in total. The Hall–Kier alpha value is -3.75. The molecule has 0 radical (unpaired) electrons. The van der Waals surface area contributed by atoms with Gasteiger partial charge in [-0.25, -0.2) is 0 Å². The van der Waals surface area contributed by atoms with Crippen molar-refractivity contribution >= 4 is 39.9 Å². The Bertz CT molecular complexity index is 1470. The number of rotatable bonds is 9. The molecule has 8 heteroatoms. The van der Waals surface area contributed by atoms with Gasteiger partial charge in [0.1, 0.15) is 5.75 Å². The fourth-order valence-corrected chi connectivity index (χ4v) is 5.23. The predicted octanol–water partition coefficient (Wildman–Crippen LogP) is 6.23. The Kier molecular flexibility index (Phi) is 7.02. The van der Waals surface area contributed by atoms with Gasteiger partial charge in [0.2, 0.25) is 4.96 Å². The summed E-state index contributed by atoms with van der Waals surface area (Å²) < 4.78 is 8.54. The third-order valence-electron chi connectivity index (χ3n) is 5.19. The fourth-order valence-electron chi connectivity index (χ4n) is 3.47. The SMILES string of the molecule is Cc1cccc(/C=C/C(=O)c2ccc(OCCSc3nn4c(-c5ccccc5)nnc4s3)cc2)c1. The van der Waals surface area contributed by atoms with Crippen LogP contribution in [0.1, 0.15) is 21.5 Å². The molecular formula is C27H22N4O2S2. The second-order valence-electron chi connectivity index (χ2n) is 7.79. The summed E-state index contributed by atoms with van der Waals surface area (Å²) in [6.45, 7) is 2.56. The van der Waals surface area contributed by atoms with Crippen LogP contribution < -0.4 is 4.74 Å². The maximum absolute atomic E-state index is 12.4. The second kappa shape index (κ2) is 10.7. The average molecular weight is 499 g/mol. The number of thioether (sulfide) groups is 1. The molecule has 0 aliphatic heterocycles. The molecule has 3 aromatic carbocycles. The van der Waals surface area contributed by atoms with E-state index < -0.39 is 0 Å². The molecule has 0 amide bonds. The molecule has 2 aromatic heterocycles. The van der Waals surface area contributed by atoms with Crippen LogP contribution in [0, 0.1) is 6.92 Å². The van der Waals surface area contributed by atoms with E-state index in [2.05, 4.69) is 15.3 Å². The lowest BCUT2D eigenvalue weighted by Crippen LogP contribution is -2.01. The summed E-state index contributed by atoms with van der Waals surface area (Å²) in [5.74, 6) is 2.18. The van der Waals surface area contributed by atoms with E-state index in [1.807, 2.05) is 79.7 Å². The van der Waals surface area contributed by atoms with E-state index in [4.69, 9.17) is 4.74 Å². The highest BCUT2D eigenvalue weighted by Gasteiger charge is 2.13. The highest BCUT2D eigenvalue weighted by molar-refractivity contribution is 8.01. The third-order valence-corrected chi connectivity index (χ3v) is 7.19. The molecule has 0 aliphatic carbocycles. The molecular weight excluding hydrogens is 476 g/mol. The van der Waals surface area contributed by atoms with Crippen LogP contribution in [-0.4, -0.2) is 38.0 Å². The Labute approximate surface area is 211 Å². The maximum Gasteiger partial charge on any atom is 0.235 e. The Morgan fingerprint density at radius 2 is 1.86 bits per heavy atom. The number of hydrogen-bond acceptors (Lipinski definition) is 7. The van der Waals surface area contributed by atoms with Crippen molar-refractivity contribution in [3.8, 4) is 17.1 Å². The molecule has 0 spiro atoms. The lowest BCUT2D eigenvalue weighted by Gasteiger charge is -2.05. The molecule has 0 bridgehead atoms. The highest BCUT2D eigenvalue weighted by atomic mass is 32.2. The topological polar surface area (TPSA) is 69.4 Å². The molecule has 0 fully saturated rings. The number of nitrogens with zero attached hydrogens (tertiary/aromatic N) is 4. The molecule has 6 nitrogen and oxygen atoms in total. The molecule has 5 aromatic rings. The Balaban J connectivity index is 1.12. The molecule has 0 atom stereocenters. The smallest absolute Gasteiger partial charge is 0.235 e. The van der Waals surface area contributed by atoms with Crippen LogP contribution in [0.25, 0.3) is 22.4 Å². The van der Waals surface area contributed by atoms with Gasteiger partial charge in [-0.2, -0.15) is 4.52 Å². The molecule has 0 unspecified atom stereocenters. The minimum Gasteiger partial charge on any atom is -0.493 e. The van der Waals surface area contributed by atoms with Gasteiger partial charge in [-0.05, 0) is 42.8 Å². The largest absolute Gasteiger partial charge is 0.493 e. The summed E-state index contributed by atoms with van der Waals surface area (Å²) in [6.07, 6.45) is 3.44. The third kappa shape index (κ3) is 5.67. The fraction of sp³-hybridized carbons (Fsp3) is 0.111. The van der Waals surface area contributed by atoms with Crippen LogP contribution in [0.15, 0.2) is 89.3 Å². The summed E-state index contributed by atoms with van der Waals surface area (Å²) >= 11 is 3.13. The first-order valence-corrected chi connectivity index (χ1v) is 12.9. The van der Waals surface area contributed by atoms with E-state index in [-0.39, 0.29) is 5.78 Å². The second-order valence-corrected chi connectivity index (χ2v) is 10.1. The summed E-state index contributed by atoms with van der Waals surface area (Å²) in [7, 11) is 0. The lowest BCUT2D eigenvalue weighted by atomic mass is 10.1. The van der Waals surface area contributed by atoms with Crippen LogP contribution >= 0.6 is 23.1 Å². The molecule has 174 valence electrons. The first-order chi connectivity index (χ1) is 17.2. The van der Waals surface area contributed by atoms with E-state index in [9.17, 15) is 4.79 Å². The number of aromatic nitrogens is 4. The lowest BCUT2D eigenvalue weighted by molar-refractivity contribution is 0.104. The van der Waals surface area contributed by atoms with Crippen molar-refractivity contribution in [1.82, 2.24) is 19.8 Å². The van der Waals surface area contributed by atoms with Gasteiger partial charge in [0, 0.05) is 16.9 Å². The van der Waals surface area contributed by atoms with Gasteiger partial charge in [0.15, 0.2) is 15.9 Å². The Morgan fingerprint density at radius 3 is 2.66 bits per heavy atom. The molecule has 0 saturated heterocycles. The molecule has 35 heavy (non-hydrogen) atoms. The minimum absolute atomic E-state index is 0.0354. The minimum atomic E-state index is -0.0354. The number of carbonyl (C=O) groups excluding carboxylic acids is 1. The number of hydrogen-bond donors (Lipinski definition) is 0. The van der Waals surface area contributed by atoms with Crippen molar-refractivity contribution in [2.75, 3.05) is 12.4 Å². The van der Waals surface area contributed by atoms with Gasteiger partial charge in [0.25, 0.3) is 0 Å². The molecule has 0 saturated carbocycles. The average Bonchev–Trinajstić information content (AvgIpc) is 3.47. The summed E-state index contributed by atoms with van der Waals surface area (Å²) in [5.41, 5.74) is 3.79. The van der Waals surface area contributed by atoms with Gasteiger partial charge in [-0.1, -0.05) is 89.3 Å². The normalized spacial score (nSPS) is 11.3. The van der Waals surface area contributed by atoms with Crippen molar-refractivity contribution in [2.45, 2.75) is 11.3 Å². The number of benzene rings is 3. The van der Waals surface area contributed by atoms with Crippen LogP contribution in [0.3, 0.4) is 0 Å². The van der Waals surface area contributed by atoms with Crippen molar-refractivity contribution in [2.24, 2.45) is 0 Å². The van der Waals surface area contributed by atoms with E-state index in [1.54, 1.807) is 34.5 Å².